The number of carbonyl (C=O) groups excluding carboxylic acids is 1. The SMILES string of the molecule is Cc1cc(OC(C)C(=O)c2c(C)c(C#N)c(=O)n(Cc3ccc4c(c3)OCO4)c2O)cc(C)c1Cl. The minimum atomic E-state index is -1.01. The van der Waals surface area contributed by atoms with Crippen LogP contribution in [0.15, 0.2) is 35.1 Å². The monoisotopic (exact) mass is 494 g/mol. The molecule has 2 aromatic carbocycles. The van der Waals surface area contributed by atoms with E-state index in [9.17, 15) is 20.0 Å². The van der Waals surface area contributed by atoms with Gasteiger partial charge >= 0.3 is 0 Å². The smallest absolute Gasteiger partial charge is 0.271 e. The van der Waals surface area contributed by atoms with Crippen LogP contribution in [-0.4, -0.2) is 28.4 Å². The molecule has 1 atom stereocenters. The van der Waals surface area contributed by atoms with E-state index < -0.39 is 23.3 Å². The molecule has 1 unspecified atom stereocenters. The van der Waals surface area contributed by atoms with Gasteiger partial charge in [0.1, 0.15) is 17.4 Å². The van der Waals surface area contributed by atoms with Crippen LogP contribution in [0.25, 0.3) is 0 Å². The number of Topliss-reactive ketones (excluding diaryl/α,β-unsaturated/α-hetero) is 1. The second-order valence-corrected chi connectivity index (χ2v) is 8.76. The maximum atomic E-state index is 13.4. The number of aryl methyl sites for hydroxylation is 2. The Hall–Kier alpha value is -3.96. The van der Waals surface area contributed by atoms with Crippen LogP contribution in [0.1, 0.15) is 45.1 Å². The highest BCUT2D eigenvalue weighted by molar-refractivity contribution is 6.32. The van der Waals surface area contributed by atoms with Crippen molar-refractivity contribution in [2.45, 2.75) is 40.3 Å². The van der Waals surface area contributed by atoms with Crippen LogP contribution in [-0.2, 0) is 6.54 Å². The first-order chi connectivity index (χ1) is 16.6. The Morgan fingerprint density at radius 1 is 1.20 bits per heavy atom. The lowest BCUT2D eigenvalue weighted by Crippen LogP contribution is -2.31. The summed E-state index contributed by atoms with van der Waals surface area (Å²) in [5, 5.41) is 21.3. The number of nitrogens with zero attached hydrogens (tertiary/aromatic N) is 2. The van der Waals surface area contributed by atoms with Gasteiger partial charge in [-0.25, -0.2) is 0 Å². The van der Waals surface area contributed by atoms with Crippen LogP contribution in [0.3, 0.4) is 0 Å². The van der Waals surface area contributed by atoms with E-state index in [-0.39, 0.29) is 30.0 Å². The number of ketones is 1. The topological polar surface area (TPSA) is 111 Å². The molecule has 0 bridgehead atoms. The molecule has 180 valence electrons. The van der Waals surface area contributed by atoms with Crippen LogP contribution in [0.5, 0.6) is 23.1 Å². The molecule has 35 heavy (non-hydrogen) atoms. The lowest BCUT2D eigenvalue weighted by Gasteiger charge is -2.19. The van der Waals surface area contributed by atoms with Gasteiger partial charge < -0.3 is 19.3 Å². The molecule has 9 heteroatoms. The first-order valence-electron chi connectivity index (χ1n) is 10.8. The maximum absolute atomic E-state index is 13.4. The average Bonchev–Trinajstić information content (AvgIpc) is 3.28. The molecule has 0 radical (unpaired) electrons. The summed E-state index contributed by atoms with van der Waals surface area (Å²) in [7, 11) is 0. The van der Waals surface area contributed by atoms with Crippen molar-refractivity contribution in [2.75, 3.05) is 6.79 Å². The first-order valence-corrected chi connectivity index (χ1v) is 11.2. The second-order valence-electron chi connectivity index (χ2n) is 8.38. The predicted molar refractivity (Wildman–Crippen MR) is 129 cm³/mol. The van der Waals surface area contributed by atoms with Gasteiger partial charge in [0.15, 0.2) is 17.6 Å². The Morgan fingerprint density at radius 2 is 1.86 bits per heavy atom. The number of halogens is 1. The number of rotatable bonds is 6. The van der Waals surface area contributed by atoms with Gasteiger partial charge in [-0.1, -0.05) is 17.7 Å². The molecule has 0 aliphatic carbocycles. The van der Waals surface area contributed by atoms with Gasteiger partial charge in [-0.3, -0.25) is 14.2 Å². The fourth-order valence-corrected chi connectivity index (χ4v) is 4.16. The lowest BCUT2D eigenvalue weighted by molar-refractivity contribution is 0.0812. The largest absolute Gasteiger partial charge is 0.494 e. The number of nitriles is 1. The molecule has 0 amide bonds. The number of benzene rings is 2. The Labute approximate surface area is 206 Å². The zero-order chi connectivity index (χ0) is 25.4. The number of pyridine rings is 1. The number of aromatic nitrogens is 1. The van der Waals surface area contributed by atoms with Crippen molar-refractivity contribution >= 4 is 17.4 Å². The minimum absolute atomic E-state index is 0.0820. The fourth-order valence-electron chi connectivity index (χ4n) is 4.05. The van der Waals surface area contributed by atoms with Crippen molar-refractivity contribution < 1.29 is 24.1 Å². The highest BCUT2D eigenvalue weighted by Crippen LogP contribution is 2.33. The van der Waals surface area contributed by atoms with Crippen LogP contribution in [0.4, 0.5) is 0 Å². The molecule has 0 fully saturated rings. The van der Waals surface area contributed by atoms with Crippen molar-refractivity contribution in [2.24, 2.45) is 0 Å². The van der Waals surface area contributed by atoms with E-state index >= 15 is 0 Å². The molecule has 3 aromatic rings. The highest BCUT2D eigenvalue weighted by atomic mass is 35.5. The van der Waals surface area contributed by atoms with E-state index in [0.717, 1.165) is 15.7 Å². The van der Waals surface area contributed by atoms with Crippen LogP contribution in [0, 0.1) is 32.1 Å². The van der Waals surface area contributed by atoms with Gasteiger partial charge in [0.05, 0.1) is 12.1 Å². The van der Waals surface area contributed by atoms with Gasteiger partial charge in [-0.2, -0.15) is 5.26 Å². The number of carbonyl (C=O) groups is 1. The van der Waals surface area contributed by atoms with Crippen molar-refractivity contribution in [3.8, 4) is 29.2 Å². The summed E-state index contributed by atoms with van der Waals surface area (Å²) in [5.74, 6) is 0.418. The number of ether oxygens (including phenoxy) is 3. The summed E-state index contributed by atoms with van der Waals surface area (Å²) in [6.07, 6.45) is -1.01. The van der Waals surface area contributed by atoms with E-state index in [0.29, 0.717) is 27.8 Å². The highest BCUT2D eigenvalue weighted by Gasteiger charge is 2.28. The van der Waals surface area contributed by atoms with Gasteiger partial charge in [0, 0.05) is 5.02 Å². The van der Waals surface area contributed by atoms with Gasteiger partial charge in [-0.05, 0) is 74.2 Å². The van der Waals surface area contributed by atoms with Gasteiger partial charge in [0.25, 0.3) is 5.56 Å². The number of fused-ring (bicyclic) bond motifs is 1. The lowest BCUT2D eigenvalue weighted by atomic mass is 9.99. The van der Waals surface area contributed by atoms with Gasteiger partial charge in [-0.15, -0.1) is 0 Å². The molecule has 1 aromatic heterocycles. The zero-order valence-corrected chi connectivity index (χ0v) is 20.4. The summed E-state index contributed by atoms with van der Waals surface area (Å²) in [6.45, 7) is 6.67. The summed E-state index contributed by atoms with van der Waals surface area (Å²) < 4.78 is 17.5. The van der Waals surface area contributed by atoms with Gasteiger partial charge in [0.2, 0.25) is 18.5 Å². The van der Waals surface area contributed by atoms with E-state index in [1.165, 1.54) is 6.92 Å². The van der Waals surface area contributed by atoms with E-state index in [2.05, 4.69) is 0 Å². The van der Waals surface area contributed by atoms with Crippen LogP contribution >= 0.6 is 11.6 Å². The van der Waals surface area contributed by atoms with Crippen LogP contribution < -0.4 is 19.8 Å². The minimum Gasteiger partial charge on any atom is -0.494 e. The molecule has 1 aliphatic rings. The van der Waals surface area contributed by atoms with Crippen molar-refractivity contribution in [3.05, 3.63) is 79.1 Å². The molecule has 0 spiro atoms. The average molecular weight is 495 g/mol. The predicted octanol–water partition coefficient (Wildman–Crippen LogP) is 4.43. The van der Waals surface area contributed by atoms with E-state index in [1.807, 2.05) is 19.9 Å². The number of hydrogen-bond donors (Lipinski definition) is 1. The van der Waals surface area contributed by atoms with E-state index in [1.54, 1.807) is 37.3 Å². The van der Waals surface area contributed by atoms with Crippen LogP contribution in [0.2, 0.25) is 5.02 Å². The third-order valence-corrected chi connectivity index (χ3v) is 6.51. The Bertz CT molecular complexity index is 1430. The molecule has 8 nitrogen and oxygen atoms in total. The summed E-state index contributed by atoms with van der Waals surface area (Å²) in [5.41, 5.74) is 1.24. The third kappa shape index (κ3) is 4.43. The van der Waals surface area contributed by atoms with Crippen molar-refractivity contribution in [1.82, 2.24) is 4.57 Å². The number of hydrogen-bond acceptors (Lipinski definition) is 7. The van der Waals surface area contributed by atoms with E-state index in [4.69, 9.17) is 25.8 Å². The summed E-state index contributed by atoms with van der Waals surface area (Å²) in [4.78, 5) is 26.4. The Kier molecular flexibility index (Phi) is 6.46. The molecule has 1 N–H and O–H groups in total. The second kappa shape index (κ2) is 9.35. The fraction of sp³-hybridized carbons (Fsp3) is 0.269. The molecule has 0 saturated heterocycles. The first kappa shape index (κ1) is 24.2. The maximum Gasteiger partial charge on any atom is 0.271 e. The molecule has 1 aliphatic heterocycles. The molecular weight excluding hydrogens is 472 g/mol. The Balaban J connectivity index is 1.72. The molecule has 4 rings (SSSR count). The quantitative estimate of drug-likeness (QED) is 0.504. The molecule has 2 heterocycles. The van der Waals surface area contributed by atoms with Crippen molar-refractivity contribution in [1.29, 1.82) is 5.26 Å². The Morgan fingerprint density at radius 3 is 2.51 bits per heavy atom. The summed E-state index contributed by atoms with van der Waals surface area (Å²) >= 11 is 6.22. The third-order valence-electron chi connectivity index (χ3n) is 5.92. The number of aromatic hydroxyl groups is 1. The normalized spacial score (nSPS) is 12.8. The standard InChI is InChI=1S/C26H23ClN2O6/c1-13-7-18(8-14(2)23(13)27)35-16(4)24(30)22-15(3)19(10-28)25(31)29(26(22)32)11-17-5-6-20-21(9-17)34-12-33-20/h5-9,16,32H,11-12H2,1-4H3. The summed E-state index contributed by atoms with van der Waals surface area (Å²) in [6, 6.07) is 10.4. The zero-order valence-electron chi connectivity index (χ0n) is 19.6. The molecule has 0 saturated carbocycles. The molecular formula is C26H23ClN2O6. The van der Waals surface area contributed by atoms with Crippen molar-refractivity contribution in [3.63, 3.8) is 0 Å².